The van der Waals surface area contributed by atoms with Crippen molar-refractivity contribution in [3.63, 3.8) is 0 Å². The molecule has 0 aliphatic heterocycles. The summed E-state index contributed by atoms with van der Waals surface area (Å²) < 4.78 is 11.2. The number of rotatable bonds is 11. The van der Waals surface area contributed by atoms with Crippen LogP contribution < -0.4 is 9.47 Å². The Morgan fingerprint density at radius 3 is 1.75 bits per heavy atom. The molecule has 0 radical (unpaired) electrons. The number of carbonyl (C=O) groups excluding carboxylic acids is 2. The Labute approximate surface area is 260 Å². The number of esters is 1. The Balaban J connectivity index is 1.33. The summed E-state index contributed by atoms with van der Waals surface area (Å²) in [5, 5.41) is 9.57. The third kappa shape index (κ3) is 6.48. The highest BCUT2D eigenvalue weighted by Crippen LogP contribution is 2.45. The van der Waals surface area contributed by atoms with Crippen LogP contribution >= 0.6 is 0 Å². The van der Waals surface area contributed by atoms with Gasteiger partial charge in [-0.05, 0) is 91.3 Å². The van der Waals surface area contributed by atoms with Gasteiger partial charge in [-0.1, -0.05) is 86.8 Å². The van der Waals surface area contributed by atoms with Gasteiger partial charge in [-0.15, -0.1) is 0 Å². The van der Waals surface area contributed by atoms with Crippen molar-refractivity contribution in [1.29, 1.82) is 0 Å². The van der Waals surface area contributed by atoms with Gasteiger partial charge in [0.15, 0.2) is 5.78 Å². The molecule has 1 aliphatic rings. The van der Waals surface area contributed by atoms with E-state index in [0.29, 0.717) is 23.3 Å². The molecule has 5 nitrogen and oxygen atoms in total. The maximum Gasteiger partial charge on any atom is 0.343 e. The van der Waals surface area contributed by atoms with Gasteiger partial charge in [-0.3, -0.25) is 4.79 Å². The predicted octanol–water partition coefficient (Wildman–Crippen LogP) is 8.45. The molecule has 0 saturated heterocycles. The summed E-state index contributed by atoms with van der Waals surface area (Å²) in [6, 6.07) is 31.6. The average Bonchev–Trinajstić information content (AvgIpc) is 3.08. The molecule has 1 fully saturated rings. The van der Waals surface area contributed by atoms with E-state index >= 15 is 0 Å². The zero-order valence-electron chi connectivity index (χ0n) is 26.0. The molecule has 1 saturated carbocycles. The number of methoxy groups -OCH3 is 1. The summed E-state index contributed by atoms with van der Waals surface area (Å²) in [5.74, 6) is 0.958. The van der Waals surface area contributed by atoms with Crippen LogP contribution in [-0.2, 0) is 10.8 Å². The first kappa shape index (κ1) is 31.2. The number of hydrogen-bond donors (Lipinski definition) is 1. The van der Waals surface area contributed by atoms with Crippen LogP contribution in [0.4, 0.5) is 0 Å². The molecule has 0 amide bonds. The smallest absolute Gasteiger partial charge is 0.343 e. The highest BCUT2D eigenvalue weighted by atomic mass is 16.5. The fourth-order valence-corrected chi connectivity index (χ4v) is 6.75. The molecule has 5 heteroatoms. The molecule has 1 atom stereocenters. The van der Waals surface area contributed by atoms with Gasteiger partial charge in [0.1, 0.15) is 11.5 Å². The van der Waals surface area contributed by atoms with E-state index in [1.165, 1.54) is 30.4 Å². The van der Waals surface area contributed by atoms with Crippen LogP contribution in [-0.4, -0.2) is 30.6 Å². The topological polar surface area (TPSA) is 72.8 Å². The maximum atomic E-state index is 13.2. The SMILES string of the molecule is COc1ccc(C2(c3ccc(C(=O)Oc4ccc(C(C)(CCCO)c5ccc(C(C)=O)cc5)cc4)cc3)CCCCC2)cc1. The minimum atomic E-state index is -0.394. The van der Waals surface area contributed by atoms with E-state index in [4.69, 9.17) is 9.47 Å². The summed E-state index contributed by atoms with van der Waals surface area (Å²) in [6.07, 6.45) is 7.11. The largest absolute Gasteiger partial charge is 0.497 e. The van der Waals surface area contributed by atoms with Crippen LogP contribution in [0.1, 0.15) is 102 Å². The molecule has 1 N–H and O–H groups in total. The van der Waals surface area contributed by atoms with E-state index in [1.54, 1.807) is 14.0 Å². The Hall–Kier alpha value is -4.22. The van der Waals surface area contributed by atoms with E-state index in [2.05, 4.69) is 31.2 Å². The molecular formula is C39H42O5. The number of aliphatic hydroxyl groups is 1. The van der Waals surface area contributed by atoms with Gasteiger partial charge < -0.3 is 14.6 Å². The van der Waals surface area contributed by atoms with E-state index in [-0.39, 0.29) is 23.2 Å². The van der Waals surface area contributed by atoms with Crippen molar-refractivity contribution in [3.05, 3.63) is 130 Å². The Bertz CT molecular complexity index is 1550. The molecule has 4 aromatic carbocycles. The van der Waals surface area contributed by atoms with Gasteiger partial charge in [-0.25, -0.2) is 4.79 Å². The fourth-order valence-electron chi connectivity index (χ4n) is 6.75. The summed E-state index contributed by atoms with van der Waals surface area (Å²) in [5.41, 5.74) is 5.34. The molecular weight excluding hydrogens is 548 g/mol. The van der Waals surface area contributed by atoms with Crippen LogP contribution in [0.2, 0.25) is 0 Å². The van der Waals surface area contributed by atoms with Gasteiger partial charge >= 0.3 is 5.97 Å². The monoisotopic (exact) mass is 590 g/mol. The zero-order valence-corrected chi connectivity index (χ0v) is 26.0. The number of benzene rings is 4. The number of Topliss-reactive ketones (excluding diaryl/α,β-unsaturated/α-hetero) is 1. The lowest BCUT2D eigenvalue weighted by Crippen LogP contribution is -2.30. The molecule has 0 heterocycles. The van der Waals surface area contributed by atoms with Gasteiger partial charge in [0, 0.05) is 23.0 Å². The summed E-state index contributed by atoms with van der Waals surface area (Å²) in [4.78, 5) is 24.9. The highest BCUT2D eigenvalue weighted by Gasteiger charge is 2.36. The van der Waals surface area contributed by atoms with E-state index in [0.717, 1.165) is 36.1 Å². The second-order valence-corrected chi connectivity index (χ2v) is 12.2. The maximum absolute atomic E-state index is 13.2. The summed E-state index contributed by atoms with van der Waals surface area (Å²) in [6.45, 7) is 3.79. The predicted molar refractivity (Wildman–Crippen MR) is 174 cm³/mol. The lowest BCUT2D eigenvalue weighted by Gasteiger charge is -2.38. The van der Waals surface area contributed by atoms with Crippen molar-refractivity contribution in [1.82, 2.24) is 0 Å². The second-order valence-electron chi connectivity index (χ2n) is 12.2. The minimum absolute atomic E-state index is 0.0279. The number of hydrogen-bond acceptors (Lipinski definition) is 5. The second kappa shape index (κ2) is 13.6. The van der Waals surface area contributed by atoms with E-state index in [1.807, 2.05) is 72.8 Å². The van der Waals surface area contributed by atoms with Crippen molar-refractivity contribution < 1.29 is 24.2 Å². The van der Waals surface area contributed by atoms with Crippen molar-refractivity contribution in [2.45, 2.75) is 69.6 Å². The Kier molecular flexibility index (Phi) is 9.65. The highest BCUT2D eigenvalue weighted by molar-refractivity contribution is 5.94. The summed E-state index contributed by atoms with van der Waals surface area (Å²) >= 11 is 0. The van der Waals surface area contributed by atoms with Crippen LogP contribution in [0.3, 0.4) is 0 Å². The summed E-state index contributed by atoms with van der Waals surface area (Å²) in [7, 11) is 1.69. The first-order chi connectivity index (χ1) is 21.3. The van der Waals surface area contributed by atoms with Gasteiger partial charge in [-0.2, -0.15) is 0 Å². The molecule has 0 spiro atoms. The molecule has 44 heavy (non-hydrogen) atoms. The average molecular weight is 591 g/mol. The zero-order chi connectivity index (χ0) is 31.2. The lowest BCUT2D eigenvalue weighted by atomic mass is 9.65. The molecule has 1 aliphatic carbocycles. The number of ketones is 1. The normalized spacial score (nSPS) is 15.6. The fraction of sp³-hybridized carbons (Fsp3) is 0.333. The molecule has 5 rings (SSSR count). The van der Waals surface area contributed by atoms with Crippen molar-refractivity contribution in [2.75, 3.05) is 13.7 Å². The third-order valence-electron chi connectivity index (χ3n) is 9.49. The Morgan fingerprint density at radius 2 is 1.23 bits per heavy atom. The quantitative estimate of drug-likeness (QED) is 0.108. The van der Waals surface area contributed by atoms with Crippen LogP contribution in [0, 0.1) is 0 Å². The standard InChI is InChI=1S/C39H42O5/c1-28(41)29-8-12-31(13-9-29)38(2,24-7-27-40)32-16-22-36(23-17-32)44-37(42)30-10-14-33(15-11-30)39(25-5-4-6-26-39)34-18-20-35(43-3)21-19-34/h8-23,40H,4-7,24-27H2,1-3H3. The number of carbonyl (C=O) groups is 2. The van der Waals surface area contributed by atoms with Crippen LogP contribution in [0.5, 0.6) is 11.5 Å². The van der Waals surface area contributed by atoms with E-state index in [9.17, 15) is 14.7 Å². The number of aliphatic hydroxyl groups excluding tert-OH is 1. The molecule has 0 bridgehead atoms. The number of ether oxygens (including phenoxy) is 2. The van der Waals surface area contributed by atoms with Crippen molar-refractivity contribution in [2.24, 2.45) is 0 Å². The van der Waals surface area contributed by atoms with Gasteiger partial charge in [0.25, 0.3) is 0 Å². The molecule has 1 unspecified atom stereocenters. The molecule has 4 aromatic rings. The van der Waals surface area contributed by atoms with Crippen molar-refractivity contribution in [3.8, 4) is 11.5 Å². The molecule has 228 valence electrons. The lowest BCUT2D eigenvalue weighted by molar-refractivity contribution is 0.0734. The third-order valence-corrected chi connectivity index (χ3v) is 9.49. The molecule has 0 aromatic heterocycles. The van der Waals surface area contributed by atoms with Crippen LogP contribution in [0.15, 0.2) is 97.1 Å². The van der Waals surface area contributed by atoms with E-state index < -0.39 is 5.97 Å². The first-order valence-corrected chi connectivity index (χ1v) is 15.6. The minimum Gasteiger partial charge on any atom is -0.497 e. The van der Waals surface area contributed by atoms with Crippen LogP contribution in [0.25, 0.3) is 0 Å². The van der Waals surface area contributed by atoms with Crippen molar-refractivity contribution >= 4 is 11.8 Å². The van der Waals surface area contributed by atoms with Gasteiger partial charge in [0.05, 0.1) is 12.7 Å². The first-order valence-electron chi connectivity index (χ1n) is 15.6. The Morgan fingerprint density at radius 1 is 0.727 bits per heavy atom. The van der Waals surface area contributed by atoms with Gasteiger partial charge in [0.2, 0.25) is 0 Å².